The van der Waals surface area contributed by atoms with Crippen LogP contribution in [0.2, 0.25) is 0 Å². The van der Waals surface area contributed by atoms with Gasteiger partial charge in [-0.05, 0) is 38.2 Å². The molecule has 0 saturated heterocycles. The standard InChI is InChI=1S/C12H16N4O/c1-3-17-12-6-4-11(5-7-12)16-14-9-10(15-16)8-13-2/h4-7,9,13H,3,8H2,1-2H3. The molecule has 2 rings (SSSR count). The van der Waals surface area contributed by atoms with Crippen LogP contribution < -0.4 is 10.1 Å². The smallest absolute Gasteiger partial charge is 0.119 e. The van der Waals surface area contributed by atoms with Crippen molar-refractivity contribution in [3.63, 3.8) is 0 Å². The van der Waals surface area contributed by atoms with Gasteiger partial charge in [-0.1, -0.05) is 0 Å². The molecular formula is C12H16N4O. The molecule has 0 spiro atoms. The molecule has 17 heavy (non-hydrogen) atoms. The molecule has 0 radical (unpaired) electrons. The molecule has 1 aromatic heterocycles. The maximum absolute atomic E-state index is 5.38. The van der Waals surface area contributed by atoms with E-state index in [4.69, 9.17) is 4.74 Å². The van der Waals surface area contributed by atoms with Crippen LogP contribution in [0.15, 0.2) is 30.5 Å². The summed E-state index contributed by atoms with van der Waals surface area (Å²) in [6.45, 7) is 3.36. The maximum Gasteiger partial charge on any atom is 0.119 e. The van der Waals surface area contributed by atoms with Crippen LogP contribution in [0.5, 0.6) is 5.75 Å². The third-order valence-electron chi connectivity index (χ3n) is 2.28. The fourth-order valence-electron chi connectivity index (χ4n) is 1.52. The zero-order valence-corrected chi connectivity index (χ0v) is 10.1. The fraction of sp³-hybridized carbons (Fsp3) is 0.333. The predicted molar refractivity (Wildman–Crippen MR) is 65.3 cm³/mol. The fourth-order valence-corrected chi connectivity index (χ4v) is 1.52. The van der Waals surface area contributed by atoms with Gasteiger partial charge in [0.15, 0.2) is 0 Å². The van der Waals surface area contributed by atoms with E-state index in [0.29, 0.717) is 6.61 Å². The molecule has 0 saturated carbocycles. The predicted octanol–water partition coefficient (Wildman–Crippen LogP) is 1.39. The largest absolute Gasteiger partial charge is 0.494 e. The van der Waals surface area contributed by atoms with Crippen molar-refractivity contribution in [2.24, 2.45) is 0 Å². The molecule has 0 aliphatic heterocycles. The van der Waals surface area contributed by atoms with E-state index in [1.807, 2.05) is 38.2 Å². The average molecular weight is 232 g/mol. The van der Waals surface area contributed by atoms with E-state index in [-0.39, 0.29) is 0 Å². The minimum absolute atomic E-state index is 0.672. The highest BCUT2D eigenvalue weighted by Crippen LogP contribution is 2.14. The van der Waals surface area contributed by atoms with Crippen molar-refractivity contribution in [1.82, 2.24) is 20.3 Å². The van der Waals surface area contributed by atoms with Gasteiger partial charge in [-0.25, -0.2) is 0 Å². The molecule has 5 nitrogen and oxygen atoms in total. The second-order valence-corrected chi connectivity index (χ2v) is 3.58. The molecule has 0 atom stereocenters. The first-order valence-corrected chi connectivity index (χ1v) is 5.62. The van der Waals surface area contributed by atoms with Crippen LogP contribution in [0.1, 0.15) is 12.6 Å². The van der Waals surface area contributed by atoms with Crippen molar-refractivity contribution in [3.8, 4) is 11.4 Å². The first-order valence-electron chi connectivity index (χ1n) is 5.62. The SMILES string of the molecule is CCOc1ccc(-n2ncc(CNC)n2)cc1. The van der Waals surface area contributed by atoms with Crippen LogP contribution in [0.25, 0.3) is 5.69 Å². The van der Waals surface area contributed by atoms with Crippen LogP contribution in [0.3, 0.4) is 0 Å². The lowest BCUT2D eigenvalue weighted by Crippen LogP contribution is -2.06. The first kappa shape index (κ1) is 11.6. The third kappa shape index (κ3) is 2.82. The molecule has 0 unspecified atom stereocenters. The number of hydrogen-bond donors (Lipinski definition) is 1. The summed E-state index contributed by atoms with van der Waals surface area (Å²) in [4.78, 5) is 1.61. The lowest BCUT2D eigenvalue weighted by molar-refractivity contribution is 0.340. The van der Waals surface area contributed by atoms with Gasteiger partial charge in [0.2, 0.25) is 0 Å². The first-order chi connectivity index (χ1) is 8.33. The number of ether oxygens (including phenoxy) is 1. The molecule has 2 aromatic rings. The van der Waals surface area contributed by atoms with E-state index in [1.54, 1.807) is 11.0 Å². The molecule has 0 fully saturated rings. The van der Waals surface area contributed by atoms with Crippen molar-refractivity contribution in [1.29, 1.82) is 0 Å². The molecule has 0 bridgehead atoms. The number of rotatable bonds is 5. The minimum atomic E-state index is 0.672. The van der Waals surface area contributed by atoms with Gasteiger partial charge in [0, 0.05) is 6.54 Å². The molecule has 5 heteroatoms. The lowest BCUT2D eigenvalue weighted by atomic mass is 10.3. The van der Waals surface area contributed by atoms with Gasteiger partial charge in [-0.2, -0.15) is 15.0 Å². The molecule has 1 N–H and O–H groups in total. The van der Waals surface area contributed by atoms with Gasteiger partial charge in [0.05, 0.1) is 24.2 Å². The van der Waals surface area contributed by atoms with Crippen LogP contribution >= 0.6 is 0 Å². The number of benzene rings is 1. The van der Waals surface area contributed by atoms with E-state index in [2.05, 4.69) is 15.5 Å². The molecule has 1 heterocycles. The summed E-state index contributed by atoms with van der Waals surface area (Å²) >= 11 is 0. The van der Waals surface area contributed by atoms with E-state index < -0.39 is 0 Å². The maximum atomic E-state index is 5.38. The van der Waals surface area contributed by atoms with Crippen molar-refractivity contribution in [2.45, 2.75) is 13.5 Å². The lowest BCUT2D eigenvalue weighted by Gasteiger charge is -2.03. The Kier molecular flexibility index (Phi) is 3.72. The van der Waals surface area contributed by atoms with Crippen molar-refractivity contribution < 1.29 is 4.74 Å². The summed E-state index contributed by atoms with van der Waals surface area (Å²) in [7, 11) is 1.88. The van der Waals surface area contributed by atoms with E-state index in [9.17, 15) is 0 Å². The molecule has 90 valence electrons. The van der Waals surface area contributed by atoms with Gasteiger partial charge in [0.1, 0.15) is 5.75 Å². The number of aromatic nitrogens is 3. The van der Waals surface area contributed by atoms with Crippen LogP contribution in [-0.4, -0.2) is 28.6 Å². The van der Waals surface area contributed by atoms with Crippen molar-refractivity contribution in [3.05, 3.63) is 36.2 Å². The second-order valence-electron chi connectivity index (χ2n) is 3.58. The Morgan fingerprint density at radius 2 is 2.06 bits per heavy atom. The Morgan fingerprint density at radius 1 is 1.29 bits per heavy atom. The Labute approximate surface area is 100 Å². The number of hydrogen-bond acceptors (Lipinski definition) is 4. The van der Waals surface area contributed by atoms with Crippen LogP contribution in [0.4, 0.5) is 0 Å². The van der Waals surface area contributed by atoms with Gasteiger partial charge in [-0.3, -0.25) is 0 Å². The highest BCUT2D eigenvalue weighted by Gasteiger charge is 2.02. The molecular weight excluding hydrogens is 216 g/mol. The topological polar surface area (TPSA) is 52.0 Å². The summed E-state index contributed by atoms with van der Waals surface area (Å²) in [6, 6.07) is 7.71. The van der Waals surface area contributed by atoms with Crippen molar-refractivity contribution in [2.75, 3.05) is 13.7 Å². The highest BCUT2D eigenvalue weighted by atomic mass is 16.5. The Bertz CT molecular complexity index is 464. The molecule has 0 aliphatic carbocycles. The van der Waals surface area contributed by atoms with Gasteiger partial charge >= 0.3 is 0 Å². The molecule has 0 aliphatic rings. The zero-order chi connectivity index (χ0) is 12.1. The van der Waals surface area contributed by atoms with Crippen LogP contribution in [0, 0.1) is 0 Å². The molecule has 1 aromatic carbocycles. The van der Waals surface area contributed by atoms with E-state index in [1.165, 1.54) is 0 Å². The second kappa shape index (κ2) is 5.45. The summed E-state index contributed by atoms with van der Waals surface area (Å²) in [5.41, 5.74) is 1.84. The summed E-state index contributed by atoms with van der Waals surface area (Å²) in [5, 5.41) is 11.6. The minimum Gasteiger partial charge on any atom is -0.494 e. The Hall–Kier alpha value is -1.88. The Balaban J connectivity index is 2.15. The van der Waals surface area contributed by atoms with E-state index in [0.717, 1.165) is 23.7 Å². The number of nitrogens with one attached hydrogen (secondary N) is 1. The normalized spacial score (nSPS) is 10.5. The van der Waals surface area contributed by atoms with Gasteiger partial charge in [0.25, 0.3) is 0 Å². The van der Waals surface area contributed by atoms with Gasteiger partial charge in [-0.15, -0.1) is 0 Å². The molecule has 0 amide bonds. The van der Waals surface area contributed by atoms with Gasteiger partial charge < -0.3 is 10.1 Å². The summed E-state index contributed by atoms with van der Waals surface area (Å²) in [5.74, 6) is 0.860. The van der Waals surface area contributed by atoms with E-state index >= 15 is 0 Å². The summed E-state index contributed by atoms with van der Waals surface area (Å²) < 4.78 is 5.38. The quantitative estimate of drug-likeness (QED) is 0.846. The zero-order valence-electron chi connectivity index (χ0n) is 10.1. The summed E-state index contributed by atoms with van der Waals surface area (Å²) in [6.07, 6.45) is 1.76. The van der Waals surface area contributed by atoms with Crippen LogP contribution in [-0.2, 0) is 6.54 Å². The third-order valence-corrected chi connectivity index (χ3v) is 2.28. The number of nitrogens with zero attached hydrogens (tertiary/aromatic N) is 3. The van der Waals surface area contributed by atoms with Crippen molar-refractivity contribution >= 4 is 0 Å². The monoisotopic (exact) mass is 232 g/mol. The Morgan fingerprint density at radius 3 is 2.71 bits per heavy atom. The highest BCUT2D eigenvalue weighted by molar-refractivity contribution is 5.35. The average Bonchev–Trinajstić information content (AvgIpc) is 2.80.